The van der Waals surface area contributed by atoms with Crippen molar-refractivity contribution in [3.63, 3.8) is 0 Å². The monoisotopic (exact) mass is 226 g/mol. The van der Waals surface area contributed by atoms with E-state index in [-0.39, 0.29) is 17.7 Å². The minimum absolute atomic E-state index is 0.0254. The first kappa shape index (κ1) is 11.4. The molecular weight excluding hydrogens is 208 g/mol. The summed E-state index contributed by atoms with van der Waals surface area (Å²) in [4.78, 5) is 24.7. The summed E-state index contributed by atoms with van der Waals surface area (Å²) in [5, 5.41) is 12.5. The number of amides is 2. The maximum absolute atomic E-state index is 12.1. The minimum Gasteiger partial charge on any atom is -0.388 e. The van der Waals surface area contributed by atoms with E-state index in [1.54, 1.807) is 11.8 Å². The van der Waals surface area contributed by atoms with Crippen molar-refractivity contribution in [2.45, 2.75) is 31.8 Å². The lowest BCUT2D eigenvalue weighted by Crippen LogP contribution is -2.45. The number of likely N-dealkylation sites (tertiary alicyclic amines) is 1. The Hall–Kier alpha value is -1.10. The van der Waals surface area contributed by atoms with E-state index in [9.17, 15) is 14.7 Å². The van der Waals surface area contributed by atoms with E-state index in [1.807, 2.05) is 0 Å². The van der Waals surface area contributed by atoms with Gasteiger partial charge in [0.1, 0.15) is 0 Å². The third kappa shape index (κ3) is 2.35. The third-order valence-electron chi connectivity index (χ3n) is 3.38. The summed E-state index contributed by atoms with van der Waals surface area (Å²) in [7, 11) is 0. The fourth-order valence-electron chi connectivity index (χ4n) is 2.34. The Kier molecular flexibility index (Phi) is 2.88. The summed E-state index contributed by atoms with van der Waals surface area (Å²) >= 11 is 0. The third-order valence-corrected chi connectivity index (χ3v) is 3.38. The second-order valence-corrected chi connectivity index (χ2v) is 5.05. The Balaban J connectivity index is 1.91. The highest BCUT2D eigenvalue weighted by atomic mass is 16.3. The largest absolute Gasteiger partial charge is 0.388 e. The van der Waals surface area contributed by atoms with Gasteiger partial charge in [-0.1, -0.05) is 0 Å². The van der Waals surface area contributed by atoms with E-state index in [2.05, 4.69) is 5.32 Å². The van der Waals surface area contributed by atoms with Crippen LogP contribution >= 0.6 is 0 Å². The Morgan fingerprint density at radius 3 is 2.88 bits per heavy atom. The van der Waals surface area contributed by atoms with Crippen LogP contribution in [-0.4, -0.2) is 47.1 Å². The summed E-state index contributed by atoms with van der Waals surface area (Å²) in [6.07, 6.45) is 1.70. The molecule has 0 bridgehead atoms. The molecule has 16 heavy (non-hydrogen) atoms. The second kappa shape index (κ2) is 4.05. The first-order valence-electron chi connectivity index (χ1n) is 5.76. The number of piperidine rings is 1. The molecule has 2 aliphatic heterocycles. The van der Waals surface area contributed by atoms with Crippen LogP contribution in [0.25, 0.3) is 0 Å². The van der Waals surface area contributed by atoms with Gasteiger partial charge in [0, 0.05) is 26.1 Å². The molecule has 5 nitrogen and oxygen atoms in total. The lowest BCUT2D eigenvalue weighted by atomic mass is 9.98. The van der Waals surface area contributed by atoms with Crippen LogP contribution in [0.1, 0.15) is 26.2 Å². The highest BCUT2D eigenvalue weighted by Crippen LogP contribution is 2.23. The van der Waals surface area contributed by atoms with E-state index in [4.69, 9.17) is 0 Å². The van der Waals surface area contributed by atoms with E-state index in [0.29, 0.717) is 38.9 Å². The van der Waals surface area contributed by atoms with Crippen molar-refractivity contribution < 1.29 is 14.7 Å². The lowest BCUT2D eigenvalue weighted by molar-refractivity contribution is -0.137. The van der Waals surface area contributed by atoms with Gasteiger partial charge >= 0.3 is 0 Å². The average Bonchev–Trinajstić information content (AvgIpc) is 2.59. The number of β-amino-alcohol motifs (C(OH)–C–C–N with tert-alkyl or cyclic N) is 1. The van der Waals surface area contributed by atoms with Crippen LogP contribution in [0, 0.1) is 5.92 Å². The molecule has 2 rings (SSSR count). The molecule has 0 spiro atoms. The Labute approximate surface area is 94.8 Å². The SMILES string of the molecule is CC1(O)CCN(C(=O)C2CCC(=O)NC2)C1. The fraction of sp³-hybridized carbons (Fsp3) is 0.818. The van der Waals surface area contributed by atoms with Gasteiger partial charge in [-0.25, -0.2) is 0 Å². The normalized spacial score (nSPS) is 35.0. The van der Waals surface area contributed by atoms with Gasteiger partial charge in [-0.2, -0.15) is 0 Å². The smallest absolute Gasteiger partial charge is 0.227 e. The number of nitrogens with zero attached hydrogens (tertiary/aromatic N) is 1. The Bertz CT molecular complexity index is 304. The molecule has 2 amide bonds. The Morgan fingerprint density at radius 2 is 2.38 bits per heavy atom. The standard InChI is InChI=1S/C11H18N2O3/c1-11(16)4-5-13(7-11)10(15)8-2-3-9(14)12-6-8/h8,16H,2-7H2,1H3,(H,12,14). The van der Waals surface area contributed by atoms with Crippen LogP contribution in [-0.2, 0) is 9.59 Å². The van der Waals surface area contributed by atoms with E-state index < -0.39 is 5.60 Å². The van der Waals surface area contributed by atoms with Gasteiger partial charge in [-0.15, -0.1) is 0 Å². The quantitative estimate of drug-likeness (QED) is 0.633. The summed E-state index contributed by atoms with van der Waals surface area (Å²) in [6.45, 7) is 3.23. The summed E-state index contributed by atoms with van der Waals surface area (Å²) in [6, 6.07) is 0. The zero-order chi connectivity index (χ0) is 11.8. The van der Waals surface area contributed by atoms with E-state index in [1.165, 1.54) is 0 Å². The van der Waals surface area contributed by atoms with Crippen molar-refractivity contribution in [3.8, 4) is 0 Å². The number of carbonyl (C=O) groups is 2. The average molecular weight is 226 g/mol. The molecule has 0 radical (unpaired) electrons. The molecule has 0 aromatic heterocycles. The number of aliphatic hydroxyl groups is 1. The molecule has 0 saturated carbocycles. The van der Waals surface area contributed by atoms with Crippen molar-refractivity contribution in [3.05, 3.63) is 0 Å². The molecule has 2 atom stereocenters. The second-order valence-electron chi connectivity index (χ2n) is 5.05. The van der Waals surface area contributed by atoms with Gasteiger partial charge in [-0.3, -0.25) is 9.59 Å². The van der Waals surface area contributed by atoms with Crippen LogP contribution in [0.15, 0.2) is 0 Å². The first-order valence-corrected chi connectivity index (χ1v) is 5.76. The van der Waals surface area contributed by atoms with Crippen LogP contribution in [0.5, 0.6) is 0 Å². The molecule has 0 aromatic carbocycles. The molecule has 0 aromatic rings. The molecule has 2 saturated heterocycles. The Morgan fingerprint density at radius 1 is 1.62 bits per heavy atom. The van der Waals surface area contributed by atoms with Crippen molar-refractivity contribution in [1.82, 2.24) is 10.2 Å². The lowest BCUT2D eigenvalue weighted by Gasteiger charge is -2.27. The summed E-state index contributed by atoms with van der Waals surface area (Å²) in [5.74, 6) is -0.0122. The topological polar surface area (TPSA) is 69.6 Å². The molecule has 2 heterocycles. The fourth-order valence-corrected chi connectivity index (χ4v) is 2.34. The summed E-state index contributed by atoms with van der Waals surface area (Å²) < 4.78 is 0. The van der Waals surface area contributed by atoms with Crippen LogP contribution in [0.3, 0.4) is 0 Å². The predicted octanol–water partition coefficient (Wildman–Crippen LogP) is -0.504. The molecule has 2 aliphatic rings. The highest BCUT2D eigenvalue weighted by molar-refractivity contribution is 5.84. The van der Waals surface area contributed by atoms with Crippen LogP contribution < -0.4 is 5.32 Å². The highest BCUT2D eigenvalue weighted by Gasteiger charge is 2.37. The van der Waals surface area contributed by atoms with E-state index >= 15 is 0 Å². The van der Waals surface area contributed by atoms with E-state index in [0.717, 1.165) is 0 Å². The minimum atomic E-state index is -0.742. The molecule has 2 unspecified atom stereocenters. The number of rotatable bonds is 1. The summed E-state index contributed by atoms with van der Waals surface area (Å²) in [5.41, 5.74) is -0.742. The number of hydrogen-bond donors (Lipinski definition) is 2. The van der Waals surface area contributed by atoms with Crippen molar-refractivity contribution >= 4 is 11.8 Å². The molecule has 2 N–H and O–H groups in total. The first-order chi connectivity index (χ1) is 7.48. The maximum atomic E-state index is 12.1. The van der Waals surface area contributed by atoms with Gasteiger partial charge in [0.15, 0.2) is 0 Å². The number of carbonyl (C=O) groups excluding carboxylic acids is 2. The number of hydrogen-bond acceptors (Lipinski definition) is 3. The van der Waals surface area contributed by atoms with Crippen LogP contribution in [0.4, 0.5) is 0 Å². The van der Waals surface area contributed by atoms with Crippen molar-refractivity contribution in [2.75, 3.05) is 19.6 Å². The molecule has 5 heteroatoms. The van der Waals surface area contributed by atoms with Gasteiger partial charge in [-0.05, 0) is 19.8 Å². The number of nitrogens with one attached hydrogen (secondary N) is 1. The molecule has 90 valence electrons. The molecular formula is C11H18N2O3. The van der Waals surface area contributed by atoms with Gasteiger partial charge in [0.25, 0.3) is 0 Å². The maximum Gasteiger partial charge on any atom is 0.227 e. The van der Waals surface area contributed by atoms with Crippen molar-refractivity contribution in [1.29, 1.82) is 0 Å². The zero-order valence-electron chi connectivity index (χ0n) is 9.53. The molecule has 0 aliphatic carbocycles. The van der Waals surface area contributed by atoms with Gasteiger partial charge in [0.05, 0.1) is 11.5 Å². The predicted molar refractivity (Wildman–Crippen MR) is 57.6 cm³/mol. The van der Waals surface area contributed by atoms with Gasteiger partial charge < -0.3 is 15.3 Å². The van der Waals surface area contributed by atoms with Crippen molar-refractivity contribution in [2.24, 2.45) is 5.92 Å². The van der Waals surface area contributed by atoms with Crippen LogP contribution in [0.2, 0.25) is 0 Å². The molecule has 2 fully saturated rings. The zero-order valence-corrected chi connectivity index (χ0v) is 9.53. The van der Waals surface area contributed by atoms with Gasteiger partial charge in [0.2, 0.25) is 11.8 Å².